The van der Waals surface area contributed by atoms with Crippen molar-refractivity contribution >= 4 is 23.2 Å². The van der Waals surface area contributed by atoms with Gasteiger partial charge in [0.25, 0.3) is 5.91 Å². The van der Waals surface area contributed by atoms with Gasteiger partial charge in [-0.1, -0.05) is 18.2 Å². The minimum absolute atomic E-state index is 0.140. The molecule has 0 radical (unpaired) electrons. The van der Waals surface area contributed by atoms with Crippen LogP contribution < -0.4 is 10.3 Å². The molecule has 2 amide bonds. The van der Waals surface area contributed by atoms with E-state index in [-0.39, 0.29) is 11.8 Å². The molecule has 1 aliphatic heterocycles. The standard InChI is InChI=1S/C21H25N3O2/c1-14(2)17-8-11-19(15(3)13-17)22-23-21(26)16-6-9-18(10-7-16)24-12-4-5-20(24)25/h6-7,9-10,13,17H,1,4-5,8,11-12H2,2-3H3,(H,23,26)/b22-19-/t17-/m0/s1. The lowest BCUT2D eigenvalue weighted by Gasteiger charge is -2.21. The van der Waals surface area contributed by atoms with Crippen molar-refractivity contribution in [1.82, 2.24) is 5.43 Å². The van der Waals surface area contributed by atoms with E-state index in [1.54, 1.807) is 17.0 Å². The molecule has 1 heterocycles. The molecule has 1 saturated heterocycles. The van der Waals surface area contributed by atoms with Crippen molar-refractivity contribution in [2.75, 3.05) is 11.4 Å². The molecule has 5 heteroatoms. The van der Waals surface area contributed by atoms with Gasteiger partial charge in [-0.25, -0.2) is 5.43 Å². The van der Waals surface area contributed by atoms with Gasteiger partial charge >= 0.3 is 0 Å². The number of carbonyl (C=O) groups is 2. The van der Waals surface area contributed by atoms with Crippen LogP contribution in [0.5, 0.6) is 0 Å². The van der Waals surface area contributed by atoms with Crippen molar-refractivity contribution in [2.45, 2.75) is 39.5 Å². The van der Waals surface area contributed by atoms with Crippen molar-refractivity contribution < 1.29 is 9.59 Å². The third-order valence-electron chi connectivity index (χ3n) is 5.04. The third-order valence-corrected chi connectivity index (χ3v) is 5.04. The molecule has 1 atom stereocenters. The van der Waals surface area contributed by atoms with Crippen LogP contribution in [0.1, 0.15) is 49.9 Å². The summed E-state index contributed by atoms with van der Waals surface area (Å²) in [4.78, 5) is 25.9. The normalized spacial score (nSPS) is 21.7. The minimum Gasteiger partial charge on any atom is -0.312 e. The average molecular weight is 351 g/mol. The summed E-state index contributed by atoms with van der Waals surface area (Å²) in [5.41, 5.74) is 7.17. The second-order valence-electron chi connectivity index (χ2n) is 7.04. The first-order valence-corrected chi connectivity index (χ1v) is 9.07. The molecule has 0 spiro atoms. The maximum absolute atomic E-state index is 12.3. The number of anilines is 1. The van der Waals surface area contributed by atoms with Gasteiger partial charge in [0.15, 0.2) is 0 Å². The Hall–Kier alpha value is -2.69. The van der Waals surface area contributed by atoms with E-state index in [1.165, 1.54) is 0 Å². The number of nitrogens with one attached hydrogen (secondary N) is 1. The van der Waals surface area contributed by atoms with Crippen LogP contribution in [0.3, 0.4) is 0 Å². The number of rotatable bonds is 4. The van der Waals surface area contributed by atoms with Crippen molar-refractivity contribution in [1.29, 1.82) is 0 Å². The Morgan fingerprint density at radius 1 is 1.27 bits per heavy atom. The number of nitrogens with zero attached hydrogens (tertiary/aromatic N) is 2. The summed E-state index contributed by atoms with van der Waals surface area (Å²) in [6.07, 6.45) is 5.45. The van der Waals surface area contributed by atoms with Crippen LogP contribution in [0, 0.1) is 5.92 Å². The van der Waals surface area contributed by atoms with Gasteiger partial charge in [0.05, 0.1) is 5.71 Å². The molecule has 0 bridgehead atoms. The molecule has 3 rings (SSSR count). The number of hydrogen-bond donors (Lipinski definition) is 1. The Morgan fingerprint density at radius 3 is 2.58 bits per heavy atom. The van der Waals surface area contributed by atoms with E-state index in [2.05, 4.69) is 23.2 Å². The summed E-state index contributed by atoms with van der Waals surface area (Å²) in [6, 6.07) is 7.09. The van der Waals surface area contributed by atoms with Crippen LogP contribution in [0.4, 0.5) is 5.69 Å². The van der Waals surface area contributed by atoms with E-state index in [0.29, 0.717) is 17.9 Å². The molecule has 0 unspecified atom stereocenters. The van der Waals surface area contributed by atoms with Crippen LogP contribution in [-0.2, 0) is 4.79 Å². The lowest BCUT2D eigenvalue weighted by molar-refractivity contribution is -0.117. The zero-order valence-corrected chi connectivity index (χ0v) is 15.4. The SMILES string of the molecule is C=C(C)[C@@H]1C=C(C)/C(=N\NC(=O)c2ccc(N3CCCC3=O)cc2)CC1. The van der Waals surface area contributed by atoms with Crippen LogP contribution >= 0.6 is 0 Å². The first kappa shape index (κ1) is 18.1. The molecule has 2 aliphatic rings. The van der Waals surface area contributed by atoms with Gasteiger partial charge in [0.1, 0.15) is 0 Å². The molecule has 1 aliphatic carbocycles. The predicted molar refractivity (Wildman–Crippen MR) is 104 cm³/mol. The van der Waals surface area contributed by atoms with E-state index in [9.17, 15) is 9.59 Å². The molecule has 1 aromatic rings. The largest absolute Gasteiger partial charge is 0.312 e. The molecule has 136 valence electrons. The molecular formula is C21H25N3O2. The number of hydrazone groups is 1. The zero-order valence-electron chi connectivity index (χ0n) is 15.4. The molecule has 0 saturated carbocycles. The summed E-state index contributed by atoms with van der Waals surface area (Å²) in [6.45, 7) is 8.81. The Bertz CT molecular complexity index is 790. The summed E-state index contributed by atoms with van der Waals surface area (Å²) < 4.78 is 0. The van der Waals surface area contributed by atoms with Crippen molar-refractivity contribution in [2.24, 2.45) is 11.0 Å². The van der Waals surface area contributed by atoms with E-state index >= 15 is 0 Å². The first-order valence-electron chi connectivity index (χ1n) is 9.07. The van der Waals surface area contributed by atoms with Gasteiger partial charge < -0.3 is 4.90 Å². The van der Waals surface area contributed by atoms with E-state index in [1.807, 2.05) is 26.0 Å². The van der Waals surface area contributed by atoms with Crippen molar-refractivity contribution in [3.8, 4) is 0 Å². The fraction of sp³-hybridized carbons (Fsp3) is 0.381. The van der Waals surface area contributed by atoms with Crippen molar-refractivity contribution in [3.63, 3.8) is 0 Å². The van der Waals surface area contributed by atoms with E-state index in [4.69, 9.17) is 0 Å². The lowest BCUT2D eigenvalue weighted by Crippen LogP contribution is -2.24. The molecule has 26 heavy (non-hydrogen) atoms. The monoisotopic (exact) mass is 351 g/mol. The molecular weight excluding hydrogens is 326 g/mol. The van der Waals surface area contributed by atoms with Gasteiger partial charge in [0, 0.05) is 24.2 Å². The number of amides is 2. The Balaban J connectivity index is 1.64. The molecule has 1 fully saturated rings. The van der Waals surface area contributed by atoms with Crippen LogP contribution in [-0.4, -0.2) is 24.1 Å². The maximum Gasteiger partial charge on any atom is 0.271 e. The second kappa shape index (κ2) is 7.68. The van der Waals surface area contributed by atoms with Crippen LogP contribution in [0.25, 0.3) is 0 Å². The van der Waals surface area contributed by atoms with Gasteiger partial charge in [-0.15, -0.1) is 0 Å². The Morgan fingerprint density at radius 2 is 2.00 bits per heavy atom. The van der Waals surface area contributed by atoms with Gasteiger partial charge in [-0.3, -0.25) is 9.59 Å². The molecule has 1 N–H and O–H groups in total. The average Bonchev–Trinajstić information content (AvgIpc) is 3.06. The number of benzene rings is 1. The van der Waals surface area contributed by atoms with E-state index in [0.717, 1.165) is 48.4 Å². The topological polar surface area (TPSA) is 61.8 Å². The van der Waals surface area contributed by atoms with Gasteiger partial charge in [0.2, 0.25) is 5.91 Å². The highest BCUT2D eigenvalue weighted by atomic mass is 16.2. The third kappa shape index (κ3) is 3.93. The van der Waals surface area contributed by atoms with Gasteiger partial charge in [-0.05, 0) is 68.9 Å². The quantitative estimate of drug-likeness (QED) is 0.662. The molecule has 1 aromatic carbocycles. The number of hydrogen-bond acceptors (Lipinski definition) is 3. The summed E-state index contributed by atoms with van der Waals surface area (Å²) in [5.74, 6) is 0.290. The maximum atomic E-state index is 12.3. The Labute approximate surface area is 154 Å². The number of carbonyl (C=O) groups excluding carboxylic acids is 2. The fourth-order valence-electron chi connectivity index (χ4n) is 3.40. The summed E-state index contributed by atoms with van der Waals surface area (Å²) in [7, 11) is 0. The highest BCUT2D eigenvalue weighted by molar-refractivity contribution is 6.02. The molecule has 5 nitrogen and oxygen atoms in total. The van der Waals surface area contributed by atoms with E-state index < -0.39 is 0 Å². The Kier molecular flexibility index (Phi) is 5.35. The smallest absolute Gasteiger partial charge is 0.271 e. The van der Waals surface area contributed by atoms with Crippen LogP contribution in [0.2, 0.25) is 0 Å². The van der Waals surface area contributed by atoms with Crippen LogP contribution in [0.15, 0.2) is 53.2 Å². The molecule has 0 aromatic heterocycles. The highest BCUT2D eigenvalue weighted by Crippen LogP contribution is 2.26. The highest BCUT2D eigenvalue weighted by Gasteiger charge is 2.22. The summed E-state index contributed by atoms with van der Waals surface area (Å²) in [5, 5.41) is 4.30. The zero-order chi connectivity index (χ0) is 18.7. The van der Waals surface area contributed by atoms with Gasteiger partial charge in [-0.2, -0.15) is 5.10 Å². The summed E-state index contributed by atoms with van der Waals surface area (Å²) >= 11 is 0. The fourth-order valence-corrected chi connectivity index (χ4v) is 3.40. The number of allylic oxidation sites excluding steroid dienone is 3. The lowest BCUT2D eigenvalue weighted by atomic mass is 9.86. The van der Waals surface area contributed by atoms with Crippen molar-refractivity contribution in [3.05, 3.63) is 53.6 Å². The minimum atomic E-state index is -0.244. The predicted octanol–water partition coefficient (Wildman–Crippen LogP) is 3.83. The second-order valence-corrected chi connectivity index (χ2v) is 7.04. The first-order chi connectivity index (χ1) is 12.5.